The summed E-state index contributed by atoms with van der Waals surface area (Å²) in [5.74, 6) is 0.672. The maximum Gasteiger partial charge on any atom is 0.308 e. The van der Waals surface area contributed by atoms with Crippen molar-refractivity contribution in [3.05, 3.63) is 51.0 Å². The summed E-state index contributed by atoms with van der Waals surface area (Å²) in [4.78, 5) is 25.9. The van der Waals surface area contributed by atoms with Crippen LogP contribution in [0.5, 0.6) is 17.2 Å². The van der Waals surface area contributed by atoms with E-state index in [4.69, 9.17) is 37.4 Å². The van der Waals surface area contributed by atoms with Crippen molar-refractivity contribution in [1.29, 1.82) is 0 Å². The van der Waals surface area contributed by atoms with E-state index in [0.29, 0.717) is 35.1 Å². The Balaban J connectivity index is 2.29. The van der Waals surface area contributed by atoms with Gasteiger partial charge in [-0.05, 0) is 41.8 Å². The van der Waals surface area contributed by atoms with Crippen molar-refractivity contribution in [2.24, 2.45) is 0 Å². The molecule has 8 heteroatoms. The second-order valence-corrected chi connectivity index (χ2v) is 7.51. The molecule has 29 heavy (non-hydrogen) atoms. The lowest BCUT2D eigenvalue weighted by molar-refractivity contribution is -0.131. The van der Waals surface area contributed by atoms with Crippen LogP contribution in [0.15, 0.2) is 24.3 Å². The summed E-state index contributed by atoms with van der Waals surface area (Å²) in [5.41, 5.74) is 2.35. The Kier molecular flexibility index (Phi) is 6.24. The van der Waals surface area contributed by atoms with Crippen molar-refractivity contribution in [3.63, 3.8) is 0 Å². The van der Waals surface area contributed by atoms with Crippen LogP contribution in [0.4, 0.5) is 0 Å². The van der Waals surface area contributed by atoms with E-state index in [2.05, 4.69) is 0 Å². The van der Waals surface area contributed by atoms with Gasteiger partial charge < -0.3 is 19.1 Å². The Bertz CT molecular complexity index is 976. The Morgan fingerprint density at radius 3 is 2.24 bits per heavy atom. The fourth-order valence-corrected chi connectivity index (χ4v) is 4.20. The van der Waals surface area contributed by atoms with E-state index in [0.717, 1.165) is 11.1 Å². The molecule has 0 N–H and O–H groups in total. The number of carbonyl (C=O) groups excluding carboxylic acids is 2. The molecule has 2 aromatic rings. The zero-order valence-electron chi connectivity index (χ0n) is 16.5. The molecule has 0 aliphatic carbocycles. The third-order valence-corrected chi connectivity index (χ3v) is 5.35. The number of methoxy groups -OCH3 is 2. The summed E-state index contributed by atoms with van der Waals surface area (Å²) in [7, 11) is 3.12. The van der Waals surface area contributed by atoms with Crippen molar-refractivity contribution < 1.29 is 23.8 Å². The predicted octanol–water partition coefficient (Wildman–Crippen LogP) is 4.43. The first-order chi connectivity index (χ1) is 13.8. The first-order valence-corrected chi connectivity index (χ1v) is 9.71. The number of hydrogen-bond acceptors (Lipinski definition) is 5. The van der Waals surface area contributed by atoms with Gasteiger partial charge in [0, 0.05) is 31.0 Å². The van der Waals surface area contributed by atoms with Gasteiger partial charge in [0.05, 0.1) is 25.3 Å². The SMILES string of the molecule is COc1cc2c(cc1OC)C(c1cc(Cl)cc(Cl)c1OC(C)=O)N(C(C)=O)CC2. The van der Waals surface area contributed by atoms with Crippen LogP contribution in [-0.2, 0) is 16.0 Å². The van der Waals surface area contributed by atoms with Crippen LogP contribution >= 0.6 is 23.2 Å². The largest absolute Gasteiger partial charge is 0.493 e. The number of esters is 1. The van der Waals surface area contributed by atoms with Crippen molar-refractivity contribution in [3.8, 4) is 17.2 Å². The molecule has 0 radical (unpaired) electrons. The lowest BCUT2D eigenvalue weighted by Crippen LogP contribution is -2.39. The maximum absolute atomic E-state index is 12.5. The number of halogens is 2. The molecule has 154 valence electrons. The molecule has 0 saturated heterocycles. The highest BCUT2D eigenvalue weighted by molar-refractivity contribution is 6.35. The van der Waals surface area contributed by atoms with Gasteiger partial charge in [0.25, 0.3) is 0 Å². The van der Waals surface area contributed by atoms with Crippen LogP contribution in [0.1, 0.15) is 36.6 Å². The molecular weight excluding hydrogens is 417 g/mol. The zero-order valence-corrected chi connectivity index (χ0v) is 18.1. The van der Waals surface area contributed by atoms with Gasteiger partial charge in [-0.15, -0.1) is 0 Å². The van der Waals surface area contributed by atoms with Gasteiger partial charge in [-0.2, -0.15) is 0 Å². The normalized spacial score (nSPS) is 15.5. The van der Waals surface area contributed by atoms with Crippen molar-refractivity contribution in [1.82, 2.24) is 4.90 Å². The smallest absolute Gasteiger partial charge is 0.308 e. The van der Waals surface area contributed by atoms with E-state index in [9.17, 15) is 9.59 Å². The molecule has 1 unspecified atom stereocenters. The van der Waals surface area contributed by atoms with Crippen molar-refractivity contribution in [2.75, 3.05) is 20.8 Å². The Hall–Kier alpha value is -2.44. The van der Waals surface area contributed by atoms with E-state index in [1.54, 1.807) is 25.2 Å². The molecule has 0 fully saturated rings. The number of nitrogens with zero attached hydrogens (tertiary/aromatic N) is 1. The number of carbonyl (C=O) groups is 2. The van der Waals surface area contributed by atoms with Crippen LogP contribution in [0.25, 0.3) is 0 Å². The third-order valence-electron chi connectivity index (χ3n) is 4.86. The van der Waals surface area contributed by atoms with Gasteiger partial charge in [-0.25, -0.2) is 0 Å². The van der Waals surface area contributed by atoms with E-state index in [-0.39, 0.29) is 16.7 Å². The van der Waals surface area contributed by atoms with E-state index in [1.807, 2.05) is 12.1 Å². The molecular formula is C21H21Cl2NO5. The Morgan fingerprint density at radius 2 is 1.66 bits per heavy atom. The van der Waals surface area contributed by atoms with Crippen LogP contribution in [0.3, 0.4) is 0 Å². The Labute approximate surface area is 179 Å². The van der Waals surface area contributed by atoms with Crippen molar-refractivity contribution in [2.45, 2.75) is 26.3 Å². The summed E-state index contributed by atoms with van der Waals surface area (Å²) in [6.07, 6.45) is 0.642. The fraction of sp³-hybridized carbons (Fsp3) is 0.333. The van der Waals surface area contributed by atoms with Crippen molar-refractivity contribution >= 4 is 35.1 Å². The van der Waals surface area contributed by atoms with Gasteiger partial charge in [0.15, 0.2) is 17.2 Å². The minimum absolute atomic E-state index is 0.125. The number of fused-ring (bicyclic) bond motifs is 1. The van der Waals surface area contributed by atoms with E-state index >= 15 is 0 Å². The molecule has 0 saturated carbocycles. The third kappa shape index (κ3) is 4.14. The highest BCUT2D eigenvalue weighted by atomic mass is 35.5. The maximum atomic E-state index is 12.5. The van der Waals surface area contributed by atoms with Gasteiger partial charge >= 0.3 is 5.97 Å². The minimum atomic E-state index is -0.554. The highest BCUT2D eigenvalue weighted by Crippen LogP contribution is 2.46. The zero-order chi connectivity index (χ0) is 21.3. The number of ether oxygens (including phenoxy) is 3. The Morgan fingerprint density at radius 1 is 1.00 bits per heavy atom. The second-order valence-electron chi connectivity index (χ2n) is 6.67. The average molecular weight is 438 g/mol. The molecule has 1 atom stereocenters. The quantitative estimate of drug-likeness (QED) is 0.522. The van der Waals surface area contributed by atoms with Crippen LogP contribution in [0.2, 0.25) is 10.0 Å². The van der Waals surface area contributed by atoms with E-state index in [1.165, 1.54) is 19.9 Å². The van der Waals surface area contributed by atoms with Crippen LogP contribution in [0, 0.1) is 0 Å². The lowest BCUT2D eigenvalue weighted by Gasteiger charge is -2.38. The molecule has 3 rings (SSSR count). The number of rotatable bonds is 4. The molecule has 1 heterocycles. The first kappa shape index (κ1) is 21.3. The highest BCUT2D eigenvalue weighted by Gasteiger charge is 2.35. The topological polar surface area (TPSA) is 65.1 Å². The monoisotopic (exact) mass is 437 g/mol. The number of benzene rings is 2. The van der Waals surface area contributed by atoms with E-state index < -0.39 is 12.0 Å². The average Bonchev–Trinajstić information content (AvgIpc) is 2.67. The van der Waals surface area contributed by atoms with Crippen LogP contribution < -0.4 is 14.2 Å². The summed E-state index contributed by atoms with van der Waals surface area (Å²) in [6.45, 7) is 3.27. The first-order valence-electron chi connectivity index (χ1n) is 8.96. The molecule has 1 amide bonds. The summed E-state index contributed by atoms with van der Waals surface area (Å²) >= 11 is 12.6. The molecule has 0 aromatic heterocycles. The minimum Gasteiger partial charge on any atom is -0.493 e. The lowest BCUT2D eigenvalue weighted by atomic mass is 9.87. The van der Waals surface area contributed by atoms with Gasteiger partial charge in [-0.3, -0.25) is 9.59 Å². The molecule has 1 aliphatic heterocycles. The van der Waals surface area contributed by atoms with Gasteiger partial charge in [0.1, 0.15) is 0 Å². The summed E-state index contributed by atoms with van der Waals surface area (Å²) in [5, 5.41) is 0.566. The fourth-order valence-electron chi connectivity index (χ4n) is 3.66. The number of hydrogen-bond donors (Lipinski definition) is 0. The molecule has 6 nitrogen and oxygen atoms in total. The second kappa shape index (κ2) is 8.51. The van der Waals surface area contributed by atoms with Crippen LogP contribution in [-0.4, -0.2) is 37.5 Å². The molecule has 0 bridgehead atoms. The van der Waals surface area contributed by atoms with Gasteiger partial charge in [-0.1, -0.05) is 23.2 Å². The molecule has 1 aliphatic rings. The summed E-state index contributed by atoms with van der Waals surface area (Å²) in [6, 6.07) is 6.34. The summed E-state index contributed by atoms with van der Waals surface area (Å²) < 4.78 is 16.3. The predicted molar refractivity (Wildman–Crippen MR) is 110 cm³/mol. The number of amides is 1. The van der Waals surface area contributed by atoms with Gasteiger partial charge in [0.2, 0.25) is 5.91 Å². The standard InChI is InChI=1S/C21H21Cl2NO5/c1-11(25)24-6-5-13-7-18(27-3)19(28-4)10-15(13)20(24)16-8-14(22)9-17(23)21(16)29-12(2)26/h7-10,20H,5-6H2,1-4H3. The molecule has 2 aromatic carbocycles. The molecule has 0 spiro atoms.